The predicted molar refractivity (Wildman–Crippen MR) is 174 cm³/mol. The molecule has 9 rings (SSSR count). The number of para-hydroxylation sites is 2. The van der Waals surface area contributed by atoms with Crippen molar-refractivity contribution >= 4 is 65.2 Å². The third kappa shape index (κ3) is 3.54. The van der Waals surface area contributed by atoms with E-state index in [2.05, 4.69) is 137 Å². The molecule has 41 heavy (non-hydrogen) atoms. The number of thiazole rings is 1. The SMILES string of the molecule is C1=CCC(c2nc3cc4c(cc3s2)c2cc(-c3ccc5[nH]c6ccccc6c5c3)ccc2n4-c2ccccc2)C=C1. The molecule has 5 aromatic carbocycles. The van der Waals surface area contributed by atoms with Crippen molar-refractivity contribution in [3.05, 3.63) is 132 Å². The fraction of sp³-hybridized carbons (Fsp3) is 0.0541. The Hall–Kier alpha value is -4.93. The summed E-state index contributed by atoms with van der Waals surface area (Å²) in [6, 6.07) is 37.5. The zero-order valence-electron chi connectivity index (χ0n) is 22.2. The maximum Gasteiger partial charge on any atom is 0.101 e. The summed E-state index contributed by atoms with van der Waals surface area (Å²) in [5.74, 6) is 0.357. The molecule has 0 spiro atoms. The molecule has 1 aliphatic rings. The molecule has 1 atom stereocenters. The Morgan fingerprint density at radius 3 is 2.34 bits per heavy atom. The summed E-state index contributed by atoms with van der Waals surface area (Å²) in [7, 11) is 0. The minimum Gasteiger partial charge on any atom is -0.355 e. The number of hydrogen-bond donors (Lipinski definition) is 1. The van der Waals surface area contributed by atoms with Gasteiger partial charge in [-0.2, -0.15) is 0 Å². The van der Waals surface area contributed by atoms with Crippen molar-refractivity contribution in [1.82, 2.24) is 14.5 Å². The summed E-state index contributed by atoms with van der Waals surface area (Å²) >= 11 is 1.83. The molecule has 0 saturated heterocycles. The molecular formula is C37H25N3S. The Labute approximate surface area is 240 Å². The minimum absolute atomic E-state index is 0.357. The van der Waals surface area contributed by atoms with Gasteiger partial charge in [-0.05, 0) is 72.1 Å². The largest absolute Gasteiger partial charge is 0.355 e. The standard InChI is InChI=1S/C37H25N3S/c1-3-9-23(10-4-1)37-39-33-22-35-30(21-36(33)41-37)29-20-25(16-18-34(29)40(35)26-11-5-2-6-12-26)24-15-17-32-28(19-24)27-13-7-8-14-31(27)38-32/h1-9,11-23,38H,10H2. The van der Waals surface area contributed by atoms with Gasteiger partial charge in [0.05, 0.1) is 21.3 Å². The van der Waals surface area contributed by atoms with Crippen LogP contribution in [-0.4, -0.2) is 14.5 Å². The van der Waals surface area contributed by atoms with E-state index >= 15 is 0 Å². The first-order chi connectivity index (χ1) is 20.3. The molecule has 1 aliphatic carbocycles. The average molecular weight is 544 g/mol. The summed E-state index contributed by atoms with van der Waals surface area (Å²) in [5.41, 5.74) is 9.43. The van der Waals surface area contributed by atoms with Crippen molar-refractivity contribution in [1.29, 1.82) is 0 Å². The Balaban J connectivity index is 1.28. The van der Waals surface area contributed by atoms with Crippen molar-refractivity contribution in [2.45, 2.75) is 12.3 Å². The van der Waals surface area contributed by atoms with Gasteiger partial charge >= 0.3 is 0 Å². The highest BCUT2D eigenvalue weighted by Crippen LogP contribution is 2.40. The second-order valence-electron chi connectivity index (χ2n) is 10.9. The highest BCUT2D eigenvalue weighted by molar-refractivity contribution is 7.18. The molecule has 0 radical (unpaired) electrons. The lowest BCUT2D eigenvalue weighted by atomic mass is 10.0. The maximum absolute atomic E-state index is 5.12. The number of rotatable bonds is 3. The first kappa shape index (κ1) is 22.8. The van der Waals surface area contributed by atoms with E-state index in [0.29, 0.717) is 5.92 Å². The van der Waals surface area contributed by atoms with E-state index in [1.807, 2.05) is 11.3 Å². The number of aromatic amines is 1. The highest BCUT2D eigenvalue weighted by atomic mass is 32.1. The number of aromatic nitrogens is 3. The lowest BCUT2D eigenvalue weighted by Crippen LogP contribution is -1.95. The van der Waals surface area contributed by atoms with E-state index in [1.165, 1.54) is 64.4 Å². The lowest BCUT2D eigenvalue weighted by Gasteiger charge is -2.08. The van der Waals surface area contributed by atoms with Crippen LogP contribution < -0.4 is 0 Å². The van der Waals surface area contributed by atoms with E-state index in [1.54, 1.807) is 0 Å². The number of nitrogens with zero attached hydrogens (tertiary/aromatic N) is 2. The molecule has 0 aliphatic heterocycles. The molecule has 0 fully saturated rings. The number of nitrogens with one attached hydrogen (secondary N) is 1. The first-order valence-corrected chi connectivity index (χ1v) is 14.9. The van der Waals surface area contributed by atoms with Gasteiger partial charge in [-0.1, -0.05) is 72.8 Å². The monoisotopic (exact) mass is 543 g/mol. The molecule has 0 bridgehead atoms. The van der Waals surface area contributed by atoms with E-state index in [0.717, 1.165) is 17.6 Å². The smallest absolute Gasteiger partial charge is 0.101 e. The van der Waals surface area contributed by atoms with Crippen LogP contribution in [0.2, 0.25) is 0 Å². The molecule has 3 heterocycles. The van der Waals surface area contributed by atoms with Gasteiger partial charge in [0.25, 0.3) is 0 Å². The van der Waals surface area contributed by atoms with Crippen LogP contribution in [0.3, 0.4) is 0 Å². The zero-order valence-corrected chi connectivity index (χ0v) is 23.0. The van der Waals surface area contributed by atoms with Crippen molar-refractivity contribution in [2.75, 3.05) is 0 Å². The topological polar surface area (TPSA) is 33.6 Å². The molecule has 1 N–H and O–H groups in total. The molecule has 8 aromatic rings. The number of H-pyrrole nitrogens is 1. The summed E-state index contributed by atoms with van der Waals surface area (Å²) < 4.78 is 3.63. The second-order valence-corrected chi connectivity index (χ2v) is 11.9. The zero-order chi connectivity index (χ0) is 26.9. The van der Waals surface area contributed by atoms with E-state index in [9.17, 15) is 0 Å². The summed E-state index contributed by atoms with van der Waals surface area (Å²) in [6.45, 7) is 0. The summed E-state index contributed by atoms with van der Waals surface area (Å²) in [6.07, 6.45) is 9.79. The highest BCUT2D eigenvalue weighted by Gasteiger charge is 2.19. The van der Waals surface area contributed by atoms with Gasteiger partial charge in [-0.3, -0.25) is 0 Å². The third-order valence-corrected chi connectivity index (χ3v) is 9.59. The Kier molecular flexibility index (Phi) is 4.89. The summed E-state index contributed by atoms with van der Waals surface area (Å²) in [4.78, 5) is 8.68. The van der Waals surface area contributed by atoms with Crippen LogP contribution in [0.25, 0.3) is 70.6 Å². The fourth-order valence-corrected chi connectivity index (χ4v) is 7.52. The Bertz CT molecular complexity index is 2350. The van der Waals surface area contributed by atoms with Gasteiger partial charge in [-0.15, -0.1) is 11.3 Å². The van der Waals surface area contributed by atoms with Crippen LogP contribution in [0.1, 0.15) is 17.3 Å². The molecule has 3 nitrogen and oxygen atoms in total. The lowest BCUT2D eigenvalue weighted by molar-refractivity contribution is 0.845. The average Bonchev–Trinajstić information content (AvgIpc) is 3.71. The van der Waals surface area contributed by atoms with Gasteiger partial charge < -0.3 is 9.55 Å². The van der Waals surface area contributed by atoms with Crippen molar-refractivity contribution in [3.8, 4) is 16.8 Å². The van der Waals surface area contributed by atoms with Crippen molar-refractivity contribution in [3.63, 3.8) is 0 Å². The summed E-state index contributed by atoms with van der Waals surface area (Å²) in [5, 5.41) is 6.24. The van der Waals surface area contributed by atoms with Crippen LogP contribution in [0.15, 0.2) is 127 Å². The molecule has 0 saturated carbocycles. The van der Waals surface area contributed by atoms with Gasteiger partial charge in [-0.25, -0.2) is 4.98 Å². The minimum atomic E-state index is 0.357. The van der Waals surface area contributed by atoms with E-state index in [-0.39, 0.29) is 0 Å². The molecule has 1 unspecified atom stereocenters. The third-order valence-electron chi connectivity index (χ3n) is 8.44. The second kappa shape index (κ2) is 8.79. The van der Waals surface area contributed by atoms with Crippen molar-refractivity contribution in [2.24, 2.45) is 0 Å². The molecule has 0 amide bonds. The molecule has 3 aromatic heterocycles. The van der Waals surface area contributed by atoms with E-state index < -0.39 is 0 Å². The van der Waals surface area contributed by atoms with Gasteiger partial charge in [0.2, 0.25) is 0 Å². The van der Waals surface area contributed by atoms with Gasteiger partial charge in [0, 0.05) is 44.2 Å². The molecule has 194 valence electrons. The van der Waals surface area contributed by atoms with E-state index in [4.69, 9.17) is 4.98 Å². The van der Waals surface area contributed by atoms with Crippen LogP contribution in [0, 0.1) is 0 Å². The number of hydrogen-bond acceptors (Lipinski definition) is 2. The maximum atomic E-state index is 5.12. The normalized spacial score (nSPS) is 15.3. The number of benzene rings is 5. The Morgan fingerprint density at radius 2 is 1.46 bits per heavy atom. The Morgan fingerprint density at radius 1 is 0.683 bits per heavy atom. The van der Waals surface area contributed by atoms with Crippen LogP contribution in [-0.2, 0) is 0 Å². The first-order valence-electron chi connectivity index (χ1n) is 14.1. The predicted octanol–water partition coefficient (Wildman–Crippen LogP) is 10.3. The van der Waals surface area contributed by atoms with Gasteiger partial charge in [0.1, 0.15) is 5.01 Å². The molecular weight excluding hydrogens is 518 g/mol. The van der Waals surface area contributed by atoms with Crippen LogP contribution in [0.4, 0.5) is 0 Å². The van der Waals surface area contributed by atoms with Gasteiger partial charge in [0.15, 0.2) is 0 Å². The number of allylic oxidation sites excluding steroid dienone is 4. The quantitative estimate of drug-likeness (QED) is 0.236. The fourth-order valence-electron chi connectivity index (χ4n) is 6.44. The van der Waals surface area contributed by atoms with Crippen LogP contribution >= 0.6 is 11.3 Å². The number of fused-ring (bicyclic) bond motifs is 7. The molecule has 4 heteroatoms. The van der Waals surface area contributed by atoms with Crippen molar-refractivity contribution < 1.29 is 0 Å². The van der Waals surface area contributed by atoms with Crippen LogP contribution in [0.5, 0.6) is 0 Å².